The molecule has 1 aliphatic heterocycles. The van der Waals surface area contributed by atoms with Crippen molar-refractivity contribution in [1.29, 1.82) is 0 Å². The van der Waals surface area contributed by atoms with Gasteiger partial charge in [0, 0.05) is 30.6 Å². The number of primary amides is 1. The van der Waals surface area contributed by atoms with Gasteiger partial charge in [-0.1, -0.05) is 6.07 Å². The second kappa shape index (κ2) is 11.2. The summed E-state index contributed by atoms with van der Waals surface area (Å²) in [5.74, 6) is 0.852. The Balaban J connectivity index is 1.55. The molecule has 0 saturated carbocycles. The Hall–Kier alpha value is -3.81. The van der Waals surface area contributed by atoms with Gasteiger partial charge in [-0.25, -0.2) is 0 Å². The Bertz CT molecular complexity index is 1020. The molecule has 0 unspecified atom stereocenters. The predicted molar refractivity (Wildman–Crippen MR) is 123 cm³/mol. The first-order chi connectivity index (χ1) is 15.9. The van der Waals surface area contributed by atoms with E-state index >= 15 is 0 Å². The molecule has 2 aromatic rings. The molecule has 2 N–H and O–H groups in total. The SMILES string of the molecule is COc1ccc(C(=O)C2CCN(C(=O)/C=C/c3ccc(OCC(N)=O)c(OC)c3)CC2)cc1. The van der Waals surface area contributed by atoms with Crippen molar-refractivity contribution in [3.63, 3.8) is 0 Å². The fourth-order valence-electron chi connectivity index (χ4n) is 3.68. The Morgan fingerprint density at radius 2 is 1.70 bits per heavy atom. The van der Waals surface area contributed by atoms with E-state index in [9.17, 15) is 14.4 Å². The van der Waals surface area contributed by atoms with Crippen LogP contribution in [-0.2, 0) is 9.59 Å². The standard InChI is InChI=1S/C25H28N2O6/c1-31-20-7-5-18(6-8-20)25(30)19-11-13-27(14-12-19)24(29)10-4-17-3-9-21(22(15-17)32-2)33-16-23(26)28/h3-10,15,19H,11-14,16H2,1-2H3,(H2,26,28)/b10-4+. The average molecular weight is 453 g/mol. The van der Waals surface area contributed by atoms with Crippen molar-refractivity contribution < 1.29 is 28.6 Å². The van der Waals surface area contributed by atoms with Gasteiger partial charge in [-0.3, -0.25) is 14.4 Å². The van der Waals surface area contributed by atoms with Gasteiger partial charge in [0.2, 0.25) is 5.91 Å². The molecule has 174 valence electrons. The van der Waals surface area contributed by atoms with Gasteiger partial charge < -0.3 is 24.8 Å². The Kier molecular flexibility index (Phi) is 8.07. The van der Waals surface area contributed by atoms with E-state index in [1.54, 1.807) is 60.6 Å². The van der Waals surface area contributed by atoms with Crippen LogP contribution in [0, 0.1) is 5.92 Å². The predicted octanol–water partition coefficient (Wildman–Crippen LogP) is 2.70. The van der Waals surface area contributed by atoms with E-state index in [1.807, 2.05) is 0 Å². The minimum atomic E-state index is -0.582. The van der Waals surface area contributed by atoms with Crippen LogP contribution in [0.3, 0.4) is 0 Å². The first-order valence-electron chi connectivity index (χ1n) is 10.7. The van der Waals surface area contributed by atoms with Crippen LogP contribution in [0.2, 0.25) is 0 Å². The van der Waals surface area contributed by atoms with Gasteiger partial charge in [-0.2, -0.15) is 0 Å². The molecule has 3 rings (SSSR count). The van der Waals surface area contributed by atoms with Gasteiger partial charge in [-0.15, -0.1) is 0 Å². The maximum Gasteiger partial charge on any atom is 0.255 e. The topological polar surface area (TPSA) is 108 Å². The summed E-state index contributed by atoms with van der Waals surface area (Å²) in [6.07, 6.45) is 4.45. The maximum atomic E-state index is 12.8. The molecule has 0 aromatic heterocycles. The molecule has 2 aromatic carbocycles. The number of methoxy groups -OCH3 is 2. The van der Waals surface area contributed by atoms with Crippen molar-refractivity contribution in [1.82, 2.24) is 4.90 Å². The second-order valence-corrected chi connectivity index (χ2v) is 7.69. The number of amides is 2. The van der Waals surface area contributed by atoms with E-state index < -0.39 is 5.91 Å². The number of nitrogens with two attached hydrogens (primary N) is 1. The molecule has 0 aliphatic carbocycles. The van der Waals surface area contributed by atoms with Crippen molar-refractivity contribution in [2.24, 2.45) is 11.7 Å². The third-order valence-corrected chi connectivity index (χ3v) is 5.53. The molecule has 1 saturated heterocycles. The van der Waals surface area contributed by atoms with Crippen LogP contribution in [0.5, 0.6) is 17.2 Å². The third-order valence-electron chi connectivity index (χ3n) is 5.53. The number of ketones is 1. The zero-order chi connectivity index (χ0) is 23.8. The molecule has 1 heterocycles. The number of hydrogen-bond donors (Lipinski definition) is 1. The van der Waals surface area contributed by atoms with Crippen molar-refractivity contribution in [2.75, 3.05) is 33.9 Å². The lowest BCUT2D eigenvalue weighted by molar-refractivity contribution is -0.127. The fraction of sp³-hybridized carbons (Fsp3) is 0.320. The number of piperidine rings is 1. The van der Waals surface area contributed by atoms with Crippen molar-refractivity contribution in [3.05, 3.63) is 59.7 Å². The summed E-state index contributed by atoms with van der Waals surface area (Å²) in [5.41, 5.74) is 6.51. The molecule has 8 heteroatoms. The number of rotatable bonds is 9. The number of benzene rings is 2. The lowest BCUT2D eigenvalue weighted by Crippen LogP contribution is -2.39. The summed E-state index contributed by atoms with van der Waals surface area (Å²) in [4.78, 5) is 38.0. The van der Waals surface area contributed by atoms with E-state index in [-0.39, 0.29) is 24.2 Å². The maximum absolute atomic E-state index is 12.8. The highest BCUT2D eigenvalue weighted by atomic mass is 16.5. The highest BCUT2D eigenvalue weighted by molar-refractivity contribution is 5.98. The van der Waals surface area contributed by atoms with Crippen LogP contribution in [0.4, 0.5) is 0 Å². The van der Waals surface area contributed by atoms with Crippen LogP contribution in [0.1, 0.15) is 28.8 Å². The summed E-state index contributed by atoms with van der Waals surface area (Å²) in [6, 6.07) is 12.2. The van der Waals surface area contributed by atoms with Crippen molar-refractivity contribution in [2.45, 2.75) is 12.8 Å². The molecule has 1 aliphatic rings. The van der Waals surface area contributed by atoms with Crippen molar-refractivity contribution >= 4 is 23.7 Å². The zero-order valence-electron chi connectivity index (χ0n) is 18.8. The van der Waals surface area contributed by atoms with E-state index in [2.05, 4.69) is 0 Å². The normalized spacial score (nSPS) is 14.2. The van der Waals surface area contributed by atoms with E-state index in [4.69, 9.17) is 19.9 Å². The third kappa shape index (κ3) is 6.35. The summed E-state index contributed by atoms with van der Waals surface area (Å²) >= 11 is 0. The Labute approximate surface area is 192 Å². The van der Waals surface area contributed by atoms with Crippen LogP contribution >= 0.6 is 0 Å². The number of ether oxygens (including phenoxy) is 3. The molecular weight excluding hydrogens is 424 g/mol. The van der Waals surface area contributed by atoms with Gasteiger partial charge >= 0.3 is 0 Å². The second-order valence-electron chi connectivity index (χ2n) is 7.69. The van der Waals surface area contributed by atoms with Crippen LogP contribution in [0.15, 0.2) is 48.5 Å². The minimum absolute atomic E-state index is 0.0939. The molecule has 0 radical (unpaired) electrons. The van der Waals surface area contributed by atoms with Crippen LogP contribution in [-0.4, -0.2) is 56.4 Å². The lowest BCUT2D eigenvalue weighted by atomic mass is 9.89. The number of carbonyl (C=O) groups is 3. The highest BCUT2D eigenvalue weighted by Gasteiger charge is 2.27. The van der Waals surface area contributed by atoms with Gasteiger partial charge in [0.25, 0.3) is 5.91 Å². The lowest BCUT2D eigenvalue weighted by Gasteiger charge is -2.30. The van der Waals surface area contributed by atoms with Crippen LogP contribution in [0.25, 0.3) is 6.08 Å². The molecule has 2 amide bonds. The largest absolute Gasteiger partial charge is 0.497 e. The number of nitrogens with zero attached hydrogens (tertiary/aromatic N) is 1. The summed E-state index contributed by atoms with van der Waals surface area (Å²) in [7, 11) is 3.08. The molecule has 0 spiro atoms. The van der Waals surface area contributed by atoms with E-state index in [0.717, 1.165) is 5.56 Å². The zero-order valence-corrected chi connectivity index (χ0v) is 18.8. The highest BCUT2D eigenvalue weighted by Crippen LogP contribution is 2.29. The number of likely N-dealkylation sites (tertiary alicyclic amines) is 1. The molecule has 0 bridgehead atoms. The Morgan fingerprint density at radius 3 is 2.30 bits per heavy atom. The summed E-state index contributed by atoms with van der Waals surface area (Å²) in [6.45, 7) is 0.804. The van der Waals surface area contributed by atoms with E-state index in [1.165, 1.54) is 13.2 Å². The summed E-state index contributed by atoms with van der Waals surface area (Å²) < 4.78 is 15.7. The molecule has 8 nitrogen and oxygen atoms in total. The van der Waals surface area contributed by atoms with Gasteiger partial charge in [0.15, 0.2) is 23.9 Å². The van der Waals surface area contributed by atoms with Gasteiger partial charge in [0.05, 0.1) is 14.2 Å². The average Bonchev–Trinajstić information content (AvgIpc) is 2.85. The number of Topliss-reactive ketones (excluding diaryl/α,β-unsaturated/α-hetero) is 1. The van der Waals surface area contributed by atoms with Gasteiger partial charge in [0.1, 0.15) is 5.75 Å². The monoisotopic (exact) mass is 452 g/mol. The first kappa shape index (κ1) is 23.8. The smallest absolute Gasteiger partial charge is 0.255 e. The fourth-order valence-corrected chi connectivity index (χ4v) is 3.68. The molecule has 1 fully saturated rings. The number of carbonyl (C=O) groups excluding carboxylic acids is 3. The minimum Gasteiger partial charge on any atom is -0.497 e. The quantitative estimate of drug-likeness (QED) is 0.463. The first-order valence-corrected chi connectivity index (χ1v) is 10.7. The van der Waals surface area contributed by atoms with Crippen LogP contribution < -0.4 is 19.9 Å². The molecule has 33 heavy (non-hydrogen) atoms. The van der Waals surface area contributed by atoms with Gasteiger partial charge in [-0.05, 0) is 60.9 Å². The molecular formula is C25H28N2O6. The Morgan fingerprint density at radius 1 is 1.00 bits per heavy atom. The van der Waals surface area contributed by atoms with E-state index in [0.29, 0.717) is 48.7 Å². The summed E-state index contributed by atoms with van der Waals surface area (Å²) in [5, 5.41) is 0. The molecule has 0 atom stereocenters. The number of hydrogen-bond acceptors (Lipinski definition) is 6. The van der Waals surface area contributed by atoms with Crippen molar-refractivity contribution in [3.8, 4) is 17.2 Å².